The fraction of sp³-hybridized carbons (Fsp3) is 0.320. The summed E-state index contributed by atoms with van der Waals surface area (Å²) in [6.45, 7) is 2.69. The van der Waals surface area contributed by atoms with Gasteiger partial charge in [-0.3, -0.25) is 14.0 Å². The Hall–Kier alpha value is -3.87. The summed E-state index contributed by atoms with van der Waals surface area (Å²) in [5.41, 5.74) is 1.33. The van der Waals surface area contributed by atoms with E-state index in [2.05, 4.69) is 4.98 Å². The monoisotopic (exact) mass is 523 g/mol. The van der Waals surface area contributed by atoms with Crippen molar-refractivity contribution < 1.29 is 38.9 Å². The summed E-state index contributed by atoms with van der Waals surface area (Å²) in [6.07, 6.45) is 0.940. The standard InChI is InChI=1S/C25H21N3O8S/c1-10-16(15-7-27-9-26-18(14(31)8-29)22(27)37-15)20(28-19(10)17(11(2)30)21(28)32)24(34)36-25-13-6-4-3-5-12(13)23(33)35-25/h3-7,9-11,17,19,25,29-30H,8H2,1-2H3/t10?,11-,17-,19+,25?/m1/s1. The number of esters is 2. The lowest BCUT2D eigenvalue weighted by Gasteiger charge is -2.46. The van der Waals surface area contributed by atoms with Gasteiger partial charge in [0.2, 0.25) is 11.7 Å². The summed E-state index contributed by atoms with van der Waals surface area (Å²) in [7, 11) is 0. The van der Waals surface area contributed by atoms with Crippen molar-refractivity contribution in [3.05, 3.63) is 64.2 Å². The van der Waals surface area contributed by atoms with Crippen molar-refractivity contribution >= 4 is 45.4 Å². The highest BCUT2D eigenvalue weighted by atomic mass is 32.1. The van der Waals surface area contributed by atoms with Gasteiger partial charge in [-0.25, -0.2) is 14.6 Å². The van der Waals surface area contributed by atoms with Crippen molar-refractivity contribution in [3.63, 3.8) is 0 Å². The lowest BCUT2D eigenvalue weighted by atomic mass is 9.77. The number of aliphatic hydroxyl groups excluding tert-OH is 2. The Morgan fingerprint density at radius 2 is 2.03 bits per heavy atom. The van der Waals surface area contributed by atoms with Gasteiger partial charge in [0.15, 0.2) is 0 Å². The zero-order valence-corrected chi connectivity index (χ0v) is 20.5. The molecule has 3 aromatic rings. The highest BCUT2D eigenvalue weighted by molar-refractivity contribution is 7.18. The number of nitrogens with zero attached hydrogens (tertiary/aromatic N) is 3. The number of cyclic esters (lactones) is 1. The summed E-state index contributed by atoms with van der Waals surface area (Å²) in [6, 6.07) is 6.10. The second-order valence-electron chi connectivity index (χ2n) is 9.23. The molecule has 11 nitrogen and oxygen atoms in total. The number of ketones is 1. The number of fused-ring (bicyclic) bond motifs is 3. The fourth-order valence-corrected chi connectivity index (χ4v) is 6.66. The van der Waals surface area contributed by atoms with Gasteiger partial charge in [0.1, 0.15) is 29.2 Å². The predicted molar refractivity (Wildman–Crippen MR) is 127 cm³/mol. The largest absolute Gasteiger partial charge is 0.417 e. The molecule has 37 heavy (non-hydrogen) atoms. The molecule has 0 aliphatic carbocycles. The minimum atomic E-state index is -1.26. The van der Waals surface area contributed by atoms with Crippen LogP contribution in [0.5, 0.6) is 0 Å². The van der Waals surface area contributed by atoms with Gasteiger partial charge >= 0.3 is 11.9 Å². The van der Waals surface area contributed by atoms with Crippen LogP contribution in [0.3, 0.4) is 0 Å². The van der Waals surface area contributed by atoms with Crippen LogP contribution in [0.25, 0.3) is 10.4 Å². The average Bonchev–Trinajstić information content (AvgIpc) is 3.59. The summed E-state index contributed by atoms with van der Waals surface area (Å²) in [5, 5.41) is 19.5. The number of benzene rings is 1. The topological polar surface area (TPSA) is 148 Å². The van der Waals surface area contributed by atoms with Crippen LogP contribution in [-0.4, -0.2) is 66.9 Å². The smallest absolute Gasteiger partial charge is 0.358 e. The molecule has 1 fully saturated rings. The second-order valence-corrected chi connectivity index (χ2v) is 10.3. The molecule has 5 heterocycles. The minimum Gasteiger partial charge on any atom is -0.417 e. The number of carbonyl (C=O) groups excluding carboxylic acids is 4. The van der Waals surface area contributed by atoms with E-state index in [1.807, 2.05) is 6.92 Å². The fourth-order valence-electron chi connectivity index (χ4n) is 5.43. The molecule has 0 bridgehead atoms. The predicted octanol–water partition coefficient (Wildman–Crippen LogP) is 1.55. The third kappa shape index (κ3) is 3.29. The number of ether oxygens (including phenoxy) is 2. The molecule has 12 heteroatoms. The van der Waals surface area contributed by atoms with Crippen molar-refractivity contribution in [2.45, 2.75) is 32.3 Å². The SMILES string of the molecule is CC1C(c2cn3cnc(C(=O)CO)c3s2)=C(C(=O)OC2OC(=O)c3ccccc32)N2C(=O)[C@H]([C@@H](C)O)[C@H]12. The molecule has 1 saturated heterocycles. The van der Waals surface area contributed by atoms with Crippen LogP contribution in [0.1, 0.15) is 51.4 Å². The van der Waals surface area contributed by atoms with E-state index in [1.165, 1.54) is 29.5 Å². The molecule has 0 radical (unpaired) electrons. The van der Waals surface area contributed by atoms with Crippen LogP contribution >= 0.6 is 11.3 Å². The number of rotatable bonds is 6. The number of hydrogen-bond acceptors (Lipinski definition) is 10. The molecule has 190 valence electrons. The number of aliphatic hydroxyl groups is 2. The van der Waals surface area contributed by atoms with Gasteiger partial charge in [0.05, 0.1) is 28.5 Å². The Morgan fingerprint density at radius 1 is 1.27 bits per heavy atom. The molecule has 0 spiro atoms. The van der Waals surface area contributed by atoms with Crippen LogP contribution in [0.15, 0.2) is 42.5 Å². The van der Waals surface area contributed by atoms with Crippen molar-refractivity contribution in [1.82, 2.24) is 14.3 Å². The second kappa shape index (κ2) is 8.33. The summed E-state index contributed by atoms with van der Waals surface area (Å²) in [5.74, 6) is -3.46. The number of hydrogen-bond donors (Lipinski definition) is 2. The number of aromatic nitrogens is 2. The van der Waals surface area contributed by atoms with Gasteiger partial charge in [-0.15, -0.1) is 11.3 Å². The summed E-state index contributed by atoms with van der Waals surface area (Å²) >= 11 is 1.19. The first-order chi connectivity index (χ1) is 17.7. The molecule has 6 rings (SSSR count). The zero-order valence-electron chi connectivity index (χ0n) is 19.7. The summed E-state index contributed by atoms with van der Waals surface area (Å²) in [4.78, 5) is 57.5. The quantitative estimate of drug-likeness (QED) is 0.279. The van der Waals surface area contributed by atoms with E-state index in [1.54, 1.807) is 34.9 Å². The number of imidazole rings is 1. The van der Waals surface area contributed by atoms with Crippen molar-refractivity contribution in [1.29, 1.82) is 0 Å². The van der Waals surface area contributed by atoms with Gasteiger partial charge in [0.25, 0.3) is 6.29 Å². The van der Waals surface area contributed by atoms with E-state index in [0.29, 0.717) is 26.4 Å². The molecule has 1 amide bonds. The van der Waals surface area contributed by atoms with Crippen molar-refractivity contribution in [2.24, 2.45) is 11.8 Å². The number of amides is 1. The van der Waals surface area contributed by atoms with Gasteiger partial charge < -0.3 is 24.6 Å². The maximum atomic E-state index is 13.6. The number of carbonyl (C=O) groups is 4. The van der Waals surface area contributed by atoms with Gasteiger partial charge in [0, 0.05) is 23.3 Å². The molecule has 5 atom stereocenters. The molecular weight excluding hydrogens is 502 g/mol. The molecular formula is C25H21N3O8S. The normalized spacial score (nSPS) is 25.1. The average molecular weight is 524 g/mol. The van der Waals surface area contributed by atoms with E-state index in [-0.39, 0.29) is 17.3 Å². The molecule has 2 aromatic heterocycles. The van der Waals surface area contributed by atoms with E-state index >= 15 is 0 Å². The Morgan fingerprint density at radius 3 is 2.76 bits per heavy atom. The molecule has 3 aliphatic rings. The number of thiazole rings is 1. The minimum absolute atomic E-state index is 0.00678. The molecule has 1 aromatic carbocycles. The van der Waals surface area contributed by atoms with Crippen LogP contribution in [0.2, 0.25) is 0 Å². The van der Waals surface area contributed by atoms with Crippen LogP contribution in [0, 0.1) is 11.8 Å². The third-order valence-electron chi connectivity index (χ3n) is 7.11. The molecule has 0 saturated carbocycles. The van der Waals surface area contributed by atoms with Gasteiger partial charge in [-0.1, -0.05) is 25.1 Å². The lowest BCUT2D eigenvalue weighted by Crippen LogP contribution is -2.63. The van der Waals surface area contributed by atoms with Crippen molar-refractivity contribution in [2.75, 3.05) is 6.61 Å². The van der Waals surface area contributed by atoms with Crippen molar-refractivity contribution in [3.8, 4) is 0 Å². The van der Waals surface area contributed by atoms with E-state index < -0.39 is 54.6 Å². The van der Waals surface area contributed by atoms with Gasteiger partial charge in [-0.2, -0.15) is 0 Å². The lowest BCUT2D eigenvalue weighted by molar-refractivity contribution is -0.173. The number of Topliss-reactive ketones (excluding diaryl/α,β-unsaturated/α-hetero) is 1. The maximum Gasteiger partial charge on any atom is 0.358 e. The summed E-state index contributed by atoms with van der Waals surface area (Å²) < 4.78 is 12.5. The number of β-lactam (4-membered cyclic amide) rings is 1. The third-order valence-corrected chi connectivity index (χ3v) is 8.26. The first-order valence-corrected chi connectivity index (χ1v) is 12.4. The van der Waals surface area contributed by atoms with Crippen LogP contribution in [0.4, 0.5) is 0 Å². The Kier molecular flexibility index (Phi) is 5.30. The molecule has 2 N–H and O–H groups in total. The first-order valence-electron chi connectivity index (χ1n) is 11.6. The molecule has 2 unspecified atom stereocenters. The molecule has 3 aliphatic heterocycles. The van der Waals surface area contributed by atoms with Crippen LogP contribution in [-0.2, 0) is 19.1 Å². The van der Waals surface area contributed by atoms with E-state index in [4.69, 9.17) is 9.47 Å². The van der Waals surface area contributed by atoms with E-state index in [0.717, 1.165) is 0 Å². The highest BCUT2D eigenvalue weighted by Gasteiger charge is 2.60. The van der Waals surface area contributed by atoms with Crippen LogP contribution < -0.4 is 0 Å². The highest BCUT2D eigenvalue weighted by Crippen LogP contribution is 2.52. The van der Waals surface area contributed by atoms with E-state index in [9.17, 15) is 29.4 Å². The first kappa shape index (κ1) is 23.5. The zero-order chi connectivity index (χ0) is 26.2. The Bertz CT molecular complexity index is 1540. The Labute approximate surface area is 213 Å². The maximum absolute atomic E-state index is 13.6. The Balaban J connectivity index is 1.43. The van der Waals surface area contributed by atoms with Gasteiger partial charge in [-0.05, 0) is 13.0 Å².